The van der Waals surface area contributed by atoms with Crippen molar-refractivity contribution in [3.05, 3.63) is 64.1 Å². The van der Waals surface area contributed by atoms with E-state index in [1.54, 1.807) is 22.2 Å². The molecule has 0 fully saturated rings. The molecule has 0 aliphatic carbocycles. The summed E-state index contributed by atoms with van der Waals surface area (Å²) in [6.07, 6.45) is 2.62. The number of halogens is 1. The van der Waals surface area contributed by atoms with Gasteiger partial charge in [-0.3, -0.25) is 9.48 Å². The minimum absolute atomic E-state index is 0.612. The van der Waals surface area contributed by atoms with Gasteiger partial charge >= 0.3 is 0 Å². The second kappa shape index (κ2) is 5.61. The Labute approximate surface area is 125 Å². The van der Waals surface area contributed by atoms with Crippen LogP contribution in [0.15, 0.2) is 48.0 Å². The van der Waals surface area contributed by atoms with Crippen LogP contribution >= 0.6 is 22.9 Å². The number of rotatable bonds is 4. The van der Waals surface area contributed by atoms with Crippen molar-refractivity contribution in [1.82, 2.24) is 9.78 Å². The van der Waals surface area contributed by atoms with Gasteiger partial charge in [0, 0.05) is 11.2 Å². The number of carbonyl (C=O) groups is 1. The summed E-state index contributed by atoms with van der Waals surface area (Å²) in [6.45, 7) is 0.614. The quantitative estimate of drug-likeness (QED) is 0.679. The molecule has 3 nitrogen and oxygen atoms in total. The van der Waals surface area contributed by atoms with Crippen LogP contribution in [-0.2, 0) is 6.54 Å². The van der Waals surface area contributed by atoms with Crippen molar-refractivity contribution < 1.29 is 4.79 Å². The number of hydrogen-bond donors (Lipinski definition) is 0. The molecule has 0 saturated heterocycles. The highest BCUT2D eigenvalue weighted by molar-refractivity contribution is 7.13. The summed E-state index contributed by atoms with van der Waals surface area (Å²) in [5.74, 6) is 0. The average Bonchev–Trinajstić information content (AvgIpc) is 3.10. The van der Waals surface area contributed by atoms with Crippen LogP contribution in [0.3, 0.4) is 0 Å². The predicted octanol–water partition coefficient (Wildman–Crippen LogP) is 4.13. The molecule has 3 aromatic rings. The number of hydrogen-bond acceptors (Lipinski definition) is 3. The second-order valence-corrected chi connectivity index (χ2v) is 5.74. The van der Waals surface area contributed by atoms with Crippen molar-refractivity contribution in [3.63, 3.8) is 0 Å². The number of thiophene rings is 1. The minimum Gasteiger partial charge on any atom is -0.298 e. The Kier molecular flexibility index (Phi) is 3.67. The van der Waals surface area contributed by atoms with Crippen LogP contribution in [0.4, 0.5) is 0 Å². The van der Waals surface area contributed by atoms with E-state index in [9.17, 15) is 4.79 Å². The normalized spacial score (nSPS) is 10.7. The second-order valence-electron chi connectivity index (χ2n) is 4.35. The molecule has 0 aliphatic rings. The maximum Gasteiger partial charge on any atom is 0.153 e. The van der Waals surface area contributed by atoms with Crippen LogP contribution in [0.25, 0.3) is 10.6 Å². The zero-order valence-corrected chi connectivity index (χ0v) is 12.1. The number of carbonyl (C=O) groups excluding carboxylic acids is 1. The van der Waals surface area contributed by atoms with E-state index in [2.05, 4.69) is 5.10 Å². The fourth-order valence-corrected chi connectivity index (χ4v) is 2.84. The number of aldehydes is 1. The maximum absolute atomic E-state index is 11.2. The molecule has 0 aliphatic heterocycles. The zero-order valence-electron chi connectivity index (χ0n) is 10.5. The third kappa shape index (κ3) is 2.66. The molecule has 0 radical (unpaired) electrons. The molecule has 20 heavy (non-hydrogen) atoms. The van der Waals surface area contributed by atoms with Crippen molar-refractivity contribution in [2.45, 2.75) is 6.54 Å². The molecule has 0 atom stereocenters. The lowest BCUT2D eigenvalue weighted by atomic mass is 10.2. The van der Waals surface area contributed by atoms with Gasteiger partial charge in [0.05, 0.1) is 17.0 Å². The molecule has 3 rings (SSSR count). The van der Waals surface area contributed by atoms with Gasteiger partial charge in [-0.15, -0.1) is 11.3 Å². The van der Waals surface area contributed by atoms with Crippen LogP contribution in [0.5, 0.6) is 0 Å². The van der Waals surface area contributed by atoms with Crippen molar-refractivity contribution in [2.24, 2.45) is 0 Å². The van der Waals surface area contributed by atoms with E-state index >= 15 is 0 Å². The van der Waals surface area contributed by atoms with Crippen molar-refractivity contribution in [2.75, 3.05) is 0 Å². The van der Waals surface area contributed by atoms with Crippen LogP contribution in [0.1, 0.15) is 15.9 Å². The first kappa shape index (κ1) is 13.1. The monoisotopic (exact) mass is 302 g/mol. The lowest BCUT2D eigenvalue weighted by molar-refractivity contribution is 0.112. The highest BCUT2D eigenvalue weighted by atomic mass is 35.5. The fraction of sp³-hybridized carbons (Fsp3) is 0.0667. The fourth-order valence-electron chi connectivity index (χ4n) is 1.99. The third-order valence-corrected chi connectivity index (χ3v) is 4.06. The minimum atomic E-state index is 0.612. The summed E-state index contributed by atoms with van der Waals surface area (Å²) in [6, 6.07) is 11.5. The summed E-state index contributed by atoms with van der Waals surface area (Å²) < 4.78 is 1.78. The van der Waals surface area contributed by atoms with E-state index in [4.69, 9.17) is 11.6 Å². The molecule has 100 valence electrons. The lowest BCUT2D eigenvalue weighted by Crippen LogP contribution is -1.99. The van der Waals surface area contributed by atoms with Crippen LogP contribution in [-0.4, -0.2) is 16.1 Å². The van der Waals surface area contributed by atoms with E-state index in [-0.39, 0.29) is 0 Å². The van der Waals surface area contributed by atoms with Gasteiger partial charge in [-0.2, -0.15) is 5.10 Å². The standard InChI is InChI=1S/C15H11ClN2OS/c16-13-5-3-11(4-6-13)8-18-9-12(10-19)15(17-18)14-2-1-7-20-14/h1-7,9-10H,8H2. The van der Waals surface area contributed by atoms with Gasteiger partial charge in [0.1, 0.15) is 5.69 Å². The SMILES string of the molecule is O=Cc1cn(Cc2ccc(Cl)cc2)nc1-c1cccs1. The molecule has 1 aromatic carbocycles. The first-order chi connectivity index (χ1) is 9.76. The smallest absolute Gasteiger partial charge is 0.153 e. The summed E-state index contributed by atoms with van der Waals surface area (Å²) in [5, 5.41) is 7.19. The third-order valence-electron chi connectivity index (χ3n) is 2.93. The van der Waals surface area contributed by atoms with Crippen molar-refractivity contribution in [3.8, 4) is 10.6 Å². The summed E-state index contributed by atoms with van der Waals surface area (Å²) in [4.78, 5) is 12.2. The molecular formula is C15H11ClN2OS. The Bertz CT molecular complexity index is 717. The Morgan fingerprint density at radius 1 is 1.25 bits per heavy atom. The van der Waals surface area contributed by atoms with E-state index in [1.807, 2.05) is 41.8 Å². The molecule has 0 spiro atoms. The van der Waals surface area contributed by atoms with Crippen LogP contribution in [0, 0.1) is 0 Å². The molecule has 5 heteroatoms. The van der Waals surface area contributed by atoms with Gasteiger partial charge < -0.3 is 0 Å². The van der Waals surface area contributed by atoms with Gasteiger partial charge in [0.2, 0.25) is 0 Å². The average molecular weight is 303 g/mol. The molecule has 0 bridgehead atoms. The van der Waals surface area contributed by atoms with E-state index < -0.39 is 0 Å². The maximum atomic E-state index is 11.2. The highest BCUT2D eigenvalue weighted by Gasteiger charge is 2.11. The zero-order chi connectivity index (χ0) is 13.9. The van der Waals surface area contributed by atoms with Crippen molar-refractivity contribution in [1.29, 1.82) is 0 Å². The van der Waals surface area contributed by atoms with Crippen LogP contribution in [0.2, 0.25) is 5.02 Å². The van der Waals surface area contributed by atoms with E-state index in [0.717, 1.165) is 22.4 Å². The van der Waals surface area contributed by atoms with Gasteiger partial charge in [-0.1, -0.05) is 29.8 Å². The Morgan fingerprint density at radius 2 is 2.05 bits per heavy atom. The van der Waals surface area contributed by atoms with Gasteiger partial charge in [-0.05, 0) is 29.1 Å². The molecule has 2 aromatic heterocycles. The van der Waals surface area contributed by atoms with Gasteiger partial charge in [-0.25, -0.2) is 0 Å². The highest BCUT2D eigenvalue weighted by Crippen LogP contribution is 2.26. The van der Waals surface area contributed by atoms with Gasteiger partial charge in [0.25, 0.3) is 0 Å². The Balaban J connectivity index is 1.91. The van der Waals surface area contributed by atoms with E-state index in [0.29, 0.717) is 17.1 Å². The first-order valence-electron chi connectivity index (χ1n) is 6.07. The summed E-state index contributed by atoms with van der Waals surface area (Å²) >= 11 is 7.44. The number of benzene rings is 1. The van der Waals surface area contributed by atoms with Crippen molar-refractivity contribution >= 4 is 29.2 Å². The Hall–Kier alpha value is -1.91. The van der Waals surface area contributed by atoms with Crippen LogP contribution < -0.4 is 0 Å². The largest absolute Gasteiger partial charge is 0.298 e. The lowest BCUT2D eigenvalue weighted by Gasteiger charge is -2.01. The first-order valence-corrected chi connectivity index (χ1v) is 7.33. The molecule has 0 saturated carbocycles. The molecule has 0 amide bonds. The Morgan fingerprint density at radius 3 is 2.70 bits per heavy atom. The summed E-state index contributed by atoms with van der Waals surface area (Å²) in [7, 11) is 0. The molecule has 2 heterocycles. The summed E-state index contributed by atoms with van der Waals surface area (Å²) in [5.41, 5.74) is 2.44. The molecular weight excluding hydrogens is 292 g/mol. The van der Waals surface area contributed by atoms with E-state index in [1.165, 1.54) is 0 Å². The molecule has 0 N–H and O–H groups in total. The van der Waals surface area contributed by atoms with Gasteiger partial charge in [0.15, 0.2) is 6.29 Å². The number of aromatic nitrogens is 2. The molecule has 0 unspecified atom stereocenters. The number of nitrogens with zero attached hydrogens (tertiary/aromatic N) is 2. The predicted molar refractivity (Wildman–Crippen MR) is 81.5 cm³/mol. The topological polar surface area (TPSA) is 34.9 Å².